The number of hydrogen-bond acceptors (Lipinski definition) is 4. The Morgan fingerprint density at radius 2 is 1.95 bits per heavy atom. The van der Waals surface area contributed by atoms with Crippen molar-refractivity contribution >= 4 is 10.0 Å². The van der Waals surface area contributed by atoms with Crippen LogP contribution < -0.4 is 4.74 Å². The van der Waals surface area contributed by atoms with Crippen LogP contribution >= 0.6 is 0 Å². The summed E-state index contributed by atoms with van der Waals surface area (Å²) in [4.78, 5) is 0.129. The number of hydrogen-bond donors (Lipinski definition) is 1. The lowest BCUT2D eigenvalue weighted by Crippen LogP contribution is -2.38. The smallest absolute Gasteiger partial charge is 0.246 e. The van der Waals surface area contributed by atoms with Gasteiger partial charge in [0.05, 0.1) is 13.7 Å². The van der Waals surface area contributed by atoms with Gasteiger partial charge in [-0.25, -0.2) is 8.42 Å². The monoisotopic (exact) mass is 313 g/mol. The van der Waals surface area contributed by atoms with Crippen LogP contribution in [0.25, 0.3) is 0 Å². The second-order valence-electron chi connectivity index (χ2n) is 5.46. The molecule has 1 fully saturated rings. The molecule has 0 bridgehead atoms. The number of aliphatic hydroxyl groups is 1. The van der Waals surface area contributed by atoms with Gasteiger partial charge in [-0.15, -0.1) is 0 Å². The molecule has 1 aliphatic carbocycles. The molecule has 0 spiro atoms. The van der Waals surface area contributed by atoms with Crippen LogP contribution in [0.1, 0.15) is 37.7 Å². The third-order valence-electron chi connectivity index (χ3n) is 4.16. The first kappa shape index (κ1) is 16.3. The lowest BCUT2D eigenvalue weighted by atomic mass is 9.96. The van der Waals surface area contributed by atoms with Crippen LogP contribution in [-0.4, -0.2) is 38.0 Å². The molecular weight excluding hydrogens is 290 g/mol. The molecule has 1 saturated carbocycles. The van der Waals surface area contributed by atoms with Gasteiger partial charge in [0.2, 0.25) is 10.0 Å². The topological polar surface area (TPSA) is 66.8 Å². The molecule has 1 aromatic carbocycles. The molecule has 0 aliphatic heterocycles. The highest BCUT2D eigenvalue weighted by molar-refractivity contribution is 7.89. The third kappa shape index (κ3) is 3.39. The molecule has 0 radical (unpaired) electrons. The minimum absolute atomic E-state index is 0.0474. The predicted octanol–water partition coefficient (Wildman–Crippen LogP) is 2.14. The summed E-state index contributed by atoms with van der Waals surface area (Å²) >= 11 is 0. The van der Waals surface area contributed by atoms with Gasteiger partial charge in [-0.3, -0.25) is 0 Å². The van der Waals surface area contributed by atoms with Crippen molar-refractivity contribution < 1.29 is 18.3 Å². The molecule has 0 heterocycles. The highest BCUT2D eigenvalue weighted by atomic mass is 32.2. The van der Waals surface area contributed by atoms with Crippen LogP contribution in [0.4, 0.5) is 0 Å². The number of rotatable bonds is 5. The van der Waals surface area contributed by atoms with E-state index in [4.69, 9.17) is 4.74 Å². The Labute approximate surface area is 126 Å². The summed E-state index contributed by atoms with van der Waals surface area (Å²) in [7, 11) is -0.529. The SMILES string of the molecule is COc1ccc(CO)cc1S(=O)(=O)N(C)C1CCCCC1. The Morgan fingerprint density at radius 1 is 1.29 bits per heavy atom. The third-order valence-corrected chi connectivity index (χ3v) is 6.09. The fourth-order valence-corrected chi connectivity index (χ4v) is 4.44. The minimum Gasteiger partial charge on any atom is -0.495 e. The molecule has 6 heteroatoms. The van der Waals surface area contributed by atoms with Crippen LogP contribution in [0, 0.1) is 0 Å². The zero-order chi connectivity index (χ0) is 15.5. The van der Waals surface area contributed by atoms with Crippen molar-refractivity contribution in [2.24, 2.45) is 0 Å². The number of benzene rings is 1. The standard InChI is InChI=1S/C15H23NO4S/c1-16(13-6-4-3-5-7-13)21(18,19)15-10-12(11-17)8-9-14(15)20-2/h8-10,13,17H,3-7,11H2,1-2H3. The van der Waals surface area contributed by atoms with E-state index in [1.54, 1.807) is 19.2 Å². The number of nitrogens with zero attached hydrogens (tertiary/aromatic N) is 1. The second kappa shape index (κ2) is 6.77. The fraction of sp³-hybridized carbons (Fsp3) is 0.600. The second-order valence-corrected chi connectivity index (χ2v) is 7.42. The zero-order valence-electron chi connectivity index (χ0n) is 12.6. The molecule has 21 heavy (non-hydrogen) atoms. The maximum atomic E-state index is 12.8. The summed E-state index contributed by atoms with van der Waals surface area (Å²) in [6.45, 7) is -0.195. The normalized spacial score (nSPS) is 17.1. The molecule has 1 N–H and O–H groups in total. The first-order valence-corrected chi connectivity index (χ1v) is 8.70. The van der Waals surface area contributed by atoms with Gasteiger partial charge in [-0.05, 0) is 30.5 Å². The molecule has 1 aromatic rings. The van der Waals surface area contributed by atoms with Crippen LogP contribution in [0.3, 0.4) is 0 Å². The van der Waals surface area contributed by atoms with E-state index in [2.05, 4.69) is 0 Å². The molecule has 2 rings (SSSR count). The molecule has 5 nitrogen and oxygen atoms in total. The summed E-state index contributed by atoms with van der Waals surface area (Å²) in [5, 5.41) is 9.23. The van der Waals surface area contributed by atoms with Crippen LogP contribution in [0.5, 0.6) is 5.75 Å². The van der Waals surface area contributed by atoms with Crippen LogP contribution in [0.2, 0.25) is 0 Å². The van der Waals surface area contributed by atoms with Gasteiger partial charge in [0.1, 0.15) is 10.6 Å². The van der Waals surface area contributed by atoms with Crippen molar-refractivity contribution in [2.75, 3.05) is 14.2 Å². The summed E-state index contributed by atoms with van der Waals surface area (Å²) in [6.07, 6.45) is 5.11. The predicted molar refractivity (Wildman–Crippen MR) is 80.7 cm³/mol. The van der Waals surface area contributed by atoms with Gasteiger partial charge < -0.3 is 9.84 Å². The number of ether oxygens (including phenoxy) is 1. The molecule has 1 aliphatic rings. The van der Waals surface area contributed by atoms with Crippen LogP contribution in [-0.2, 0) is 16.6 Å². The number of methoxy groups -OCH3 is 1. The van der Waals surface area contributed by atoms with E-state index in [1.165, 1.54) is 23.9 Å². The van der Waals surface area contributed by atoms with Gasteiger partial charge >= 0.3 is 0 Å². The van der Waals surface area contributed by atoms with E-state index in [-0.39, 0.29) is 17.5 Å². The minimum atomic E-state index is -3.62. The van der Waals surface area contributed by atoms with Gasteiger partial charge in [-0.1, -0.05) is 25.3 Å². The summed E-state index contributed by atoms with van der Waals surface area (Å²) in [5.74, 6) is 0.315. The van der Waals surface area contributed by atoms with Gasteiger partial charge in [-0.2, -0.15) is 4.31 Å². The van der Waals surface area contributed by atoms with Crippen molar-refractivity contribution in [2.45, 2.75) is 49.6 Å². The van der Waals surface area contributed by atoms with Gasteiger partial charge in [0, 0.05) is 13.1 Å². The van der Waals surface area contributed by atoms with Crippen molar-refractivity contribution in [3.8, 4) is 5.75 Å². The molecule has 0 saturated heterocycles. The molecule has 0 unspecified atom stereocenters. The summed E-state index contributed by atoms with van der Waals surface area (Å²) in [5.41, 5.74) is 0.561. The van der Waals surface area contributed by atoms with E-state index in [9.17, 15) is 13.5 Å². The first-order valence-electron chi connectivity index (χ1n) is 7.26. The van der Waals surface area contributed by atoms with Crippen molar-refractivity contribution in [1.82, 2.24) is 4.31 Å². The van der Waals surface area contributed by atoms with Crippen molar-refractivity contribution in [3.05, 3.63) is 23.8 Å². The summed E-state index contributed by atoms with van der Waals surface area (Å²) in [6, 6.07) is 4.80. The van der Waals surface area contributed by atoms with Gasteiger partial charge in [0.25, 0.3) is 0 Å². The van der Waals surface area contributed by atoms with Gasteiger partial charge in [0.15, 0.2) is 0 Å². The van der Waals surface area contributed by atoms with Crippen LogP contribution in [0.15, 0.2) is 23.1 Å². The largest absolute Gasteiger partial charge is 0.495 e. The maximum absolute atomic E-state index is 12.8. The highest BCUT2D eigenvalue weighted by Gasteiger charge is 2.31. The first-order chi connectivity index (χ1) is 10.0. The molecule has 0 amide bonds. The Morgan fingerprint density at radius 3 is 2.52 bits per heavy atom. The number of sulfonamides is 1. The van der Waals surface area contributed by atoms with E-state index >= 15 is 0 Å². The summed E-state index contributed by atoms with van der Waals surface area (Å²) < 4.78 is 32.3. The van der Waals surface area contributed by atoms with E-state index in [0.29, 0.717) is 11.3 Å². The van der Waals surface area contributed by atoms with E-state index < -0.39 is 10.0 Å². The maximum Gasteiger partial charge on any atom is 0.246 e. The molecule has 118 valence electrons. The Kier molecular flexibility index (Phi) is 5.24. The molecular formula is C15H23NO4S. The lowest BCUT2D eigenvalue weighted by molar-refractivity contribution is 0.279. The van der Waals surface area contributed by atoms with E-state index in [0.717, 1.165) is 25.7 Å². The highest BCUT2D eigenvalue weighted by Crippen LogP contribution is 2.31. The van der Waals surface area contributed by atoms with Crippen molar-refractivity contribution in [1.29, 1.82) is 0 Å². The molecule has 0 aromatic heterocycles. The molecule has 0 atom stereocenters. The zero-order valence-corrected chi connectivity index (χ0v) is 13.4. The average molecular weight is 313 g/mol. The quantitative estimate of drug-likeness (QED) is 0.904. The Hall–Kier alpha value is -1.11. The Balaban J connectivity index is 2.37. The average Bonchev–Trinajstić information content (AvgIpc) is 2.54. The Bertz CT molecular complexity index is 579. The lowest BCUT2D eigenvalue weighted by Gasteiger charge is -2.30. The fourth-order valence-electron chi connectivity index (χ4n) is 2.82. The van der Waals surface area contributed by atoms with Crippen molar-refractivity contribution in [3.63, 3.8) is 0 Å². The number of aliphatic hydroxyl groups excluding tert-OH is 1. The van der Waals surface area contributed by atoms with E-state index in [1.807, 2.05) is 0 Å².